The third kappa shape index (κ3) is 2.17. The van der Waals surface area contributed by atoms with Crippen molar-refractivity contribution < 1.29 is 9.90 Å². The molecule has 0 amide bonds. The third-order valence-corrected chi connectivity index (χ3v) is 4.06. The molecule has 1 N–H and O–H groups in total. The fourth-order valence-electron chi connectivity index (χ4n) is 2.03. The molecule has 15 heavy (non-hydrogen) atoms. The van der Waals surface area contributed by atoms with Gasteiger partial charge < -0.3 is 5.11 Å². The summed E-state index contributed by atoms with van der Waals surface area (Å²) in [5.74, 6) is 0.990. The molecule has 0 aliphatic carbocycles. The first-order valence-electron chi connectivity index (χ1n) is 5.05. The van der Waals surface area contributed by atoms with Crippen molar-refractivity contribution in [1.82, 2.24) is 0 Å². The van der Waals surface area contributed by atoms with E-state index < -0.39 is 5.97 Å². The molecule has 80 valence electrons. The number of hydrogen-bond acceptors (Lipinski definition) is 2. The van der Waals surface area contributed by atoms with Gasteiger partial charge in [0.25, 0.3) is 0 Å². The molecule has 0 radical (unpaired) electrons. The van der Waals surface area contributed by atoms with Crippen LogP contribution < -0.4 is 0 Å². The van der Waals surface area contributed by atoms with Crippen LogP contribution in [0, 0.1) is 12.8 Å². The minimum atomic E-state index is -0.661. The lowest BCUT2D eigenvalue weighted by atomic mass is 9.88. The SMILES string of the molecule is Cc1cccc(C2CSCC2C(=O)O)c1. The predicted octanol–water partition coefficient (Wildman–Crippen LogP) is 2.53. The molecule has 1 aliphatic heterocycles. The van der Waals surface area contributed by atoms with Gasteiger partial charge in [-0.25, -0.2) is 0 Å². The molecule has 0 bridgehead atoms. The monoisotopic (exact) mass is 222 g/mol. The van der Waals surface area contributed by atoms with Crippen LogP contribution >= 0.6 is 11.8 Å². The van der Waals surface area contributed by atoms with Crippen molar-refractivity contribution in [2.45, 2.75) is 12.8 Å². The smallest absolute Gasteiger partial charge is 0.307 e. The van der Waals surface area contributed by atoms with Crippen molar-refractivity contribution in [2.75, 3.05) is 11.5 Å². The van der Waals surface area contributed by atoms with Gasteiger partial charge in [0.1, 0.15) is 0 Å². The lowest BCUT2D eigenvalue weighted by molar-refractivity contribution is -0.141. The molecule has 1 saturated heterocycles. The number of rotatable bonds is 2. The first-order valence-corrected chi connectivity index (χ1v) is 6.21. The van der Waals surface area contributed by atoms with Crippen LogP contribution in [-0.4, -0.2) is 22.6 Å². The van der Waals surface area contributed by atoms with Gasteiger partial charge in [-0.2, -0.15) is 11.8 Å². The molecule has 2 nitrogen and oxygen atoms in total. The van der Waals surface area contributed by atoms with E-state index in [9.17, 15) is 4.79 Å². The highest BCUT2D eigenvalue weighted by molar-refractivity contribution is 7.99. The standard InChI is InChI=1S/C12H14O2S/c1-8-3-2-4-9(5-8)10-6-15-7-11(10)12(13)14/h2-5,10-11H,6-7H2,1H3,(H,13,14). The maximum Gasteiger partial charge on any atom is 0.307 e. The lowest BCUT2D eigenvalue weighted by Crippen LogP contribution is -2.20. The minimum absolute atomic E-state index is 0.187. The van der Waals surface area contributed by atoms with Gasteiger partial charge in [0.15, 0.2) is 0 Å². The molecule has 2 rings (SSSR count). The summed E-state index contributed by atoms with van der Waals surface area (Å²) >= 11 is 1.74. The molecule has 0 spiro atoms. The Bertz CT molecular complexity index is 376. The van der Waals surface area contributed by atoms with E-state index in [0.717, 1.165) is 11.5 Å². The van der Waals surface area contributed by atoms with Crippen molar-refractivity contribution in [3.8, 4) is 0 Å². The predicted molar refractivity (Wildman–Crippen MR) is 62.4 cm³/mol. The zero-order valence-corrected chi connectivity index (χ0v) is 9.46. The van der Waals surface area contributed by atoms with Crippen LogP contribution in [-0.2, 0) is 4.79 Å². The Kier molecular flexibility index (Phi) is 3.00. The molecule has 1 aromatic rings. The highest BCUT2D eigenvalue weighted by Gasteiger charge is 2.34. The van der Waals surface area contributed by atoms with Gasteiger partial charge in [0.2, 0.25) is 0 Å². The number of carboxylic acid groups (broad SMARTS) is 1. The number of aliphatic carboxylic acids is 1. The average Bonchev–Trinajstić information content (AvgIpc) is 2.65. The van der Waals surface area contributed by atoms with Gasteiger partial charge in [-0.3, -0.25) is 4.79 Å². The summed E-state index contributed by atoms with van der Waals surface area (Å²) in [5.41, 5.74) is 2.38. The zero-order chi connectivity index (χ0) is 10.8. The van der Waals surface area contributed by atoms with E-state index in [0.29, 0.717) is 0 Å². The molecular weight excluding hydrogens is 208 g/mol. The first kappa shape index (κ1) is 10.6. The second kappa shape index (κ2) is 4.27. The Morgan fingerprint density at radius 3 is 2.93 bits per heavy atom. The Hall–Kier alpha value is -0.960. The van der Waals surface area contributed by atoms with Crippen molar-refractivity contribution in [2.24, 2.45) is 5.92 Å². The van der Waals surface area contributed by atoms with E-state index >= 15 is 0 Å². The number of benzene rings is 1. The first-order chi connectivity index (χ1) is 7.18. The van der Waals surface area contributed by atoms with E-state index in [1.165, 1.54) is 11.1 Å². The molecule has 2 unspecified atom stereocenters. The molecule has 1 fully saturated rings. The van der Waals surface area contributed by atoms with Gasteiger partial charge in [-0.15, -0.1) is 0 Å². The second-order valence-electron chi connectivity index (χ2n) is 4.00. The summed E-state index contributed by atoms with van der Waals surface area (Å²) in [6.45, 7) is 2.04. The van der Waals surface area contributed by atoms with Crippen LogP contribution in [0.4, 0.5) is 0 Å². The number of carboxylic acids is 1. The Balaban J connectivity index is 2.26. The molecule has 2 atom stereocenters. The van der Waals surface area contributed by atoms with Gasteiger partial charge in [-0.05, 0) is 12.5 Å². The Morgan fingerprint density at radius 2 is 2.27 bits per heavy atom. The van der Waals surface area contributed by atoms with E-state index in [-0.39, 0.29) is 11.8 Å². The lowest BCUT2D eigenvalue weighted by Gasteiger charge is -2.15. The molecule has 0 aromatic heterocycles. The second-order valence-corrected chi connectivity index (χ2v) is 5.08. The van der Waals surface area contributed by atoms with Crippen LogP contribution in [0.5, 0.6) is 0 Å². The number of aryl methyl sites for hydroxylation is 1. The molecule has 1 aliphatic rings. The Labute approximate surface area is 93.7 Å². The van der Waals surface area contributed by atoms with Crippen LogP contribution in [0.2, 0.25) is 0 Å². The highest BCUT2D eigenvalue weighted by atomic mass is 32.2. The largest absolute Gasteiger partial charge is 0.481 e. The summed E-state index contributed by atoms with van der Waals surface area (Å²) in [4.78, 5) is 11.1. The van der Waals surface area contributed by atoms with E-state index in [4.69, 9.17) is 5.11 Å². The van der Waals surface area contributed by atoms with Crippen LogP contribution in [0.15, 0.2) is 24.3 Å². The van der Waals surface area contributed by atoms with Crippen molar-refractivity contribution in [3.63, 3.8) is 0 Å². The number of hydrogen-bond donors (Lipinski definition) is 1. The van der Waals surface area contributed by atoms with Gasteiger partial charge >= 0.3 is 5.97 Å². The Morgan fingerprint density at radius 1 is 1.47 bits per heavy atom. The number of carbonyl (C=O) groups is 1. The summed E-state index contributed by atoms with van der Waals surface area (Å²) in [6, 6.07) is 8.19. The minimum Gasteiger partial charge on any atom is -0.481 e. The average molecular weight is 222 g/mol. The quantitative estimate of drug-likeness (QED) is 0.835. The zero-order valence-electron chi connectivity index (χ0n) is 8.64. The van der Waals surface area contributed by atoms with Crippen molar-refractivity contribution >= 4 is 17.7 Å². The third-order valence-electron chi connectivity index (χ3n) is 2.87. The topological polar surface area (TPSA) is 37.3 Å². The van der Waals surface area contributed by atoms with Crippen molar-refractivity contribution in [3.05, 3.63) is 35.4 Å². The van der Waals surface area contributed by atoms with E-state index in [1.807, 2.05) is 25.1 Å². The molecule has 0 saturated carbocycles. The summed E-state index contributed by atoms with van der Waals surface area (Å²) in [7, 11) is 0. The van der Waals surface area contributed by atoms with Crippen LogP contribution in [0.1, 0.15) is 17.0 Å². The summed E-state index contributed by atoms with van der Waals surface area (Å²) in [6.07, 6.45) is 0. The fraction of sp³-hybridized carbons (Fsp3) is 0.417. The van der Waals surface area contributed by atoms with E-state index in [2.05, 4.69) is 6.07 Å². The van der Waals surface area contributed by atoms with Crippen LogP contribution in [0.3, 0.4) is 0 Å². The highest BCUT2D eigenvalue weighted by Crippen LogP contribution is 2.37. The van der Waals surface area contributed by atoms with Gasteiger partial charge in [0.05, 0.1) is 5.92 Å². The molecule has 1 aromatic carbocycles. The van der Waals surface area contributed by atoms with Gasteiger partial charge in [0, 0.05) is 17.4 Å². The van der Waals surface area contributed by atoms with Crippen LogP contribution in [0.25, 0.3) is 0 Å². The maximum absolute atomic E-state index is 11.1. The number of thioether (sulfide) groups is 1. The summed E-state index contributed by atoms with van der Waals surface area (Å²) < 4.78 is 0. The molecular formula is C12H14O2S. The normalized spacial score (nSPS) is 25.4. The van der Waals surface area contributed by atoms with E-state index in [1.54, 1.807) is 11.8 Å². The molecule has 1 heterocycles. The molecule has 3 heteroatoms. The van der Waals surface area contributed by atoms with Gasteiger partial charge in [-0.1, -0.05) is 29.8 Å². The summed E-state index contributed by atoms with van der Waals surface area (Å²) in [5, 5.41) is 9.10. The fourth-order valence-corrected chi connectivity index (χ4v) is 3.47. The maximum atomic E-state index is 11.1. The van der Waals surface area contributed by atoms with Crippen molar-refractivity contribution in [1.29, 1.82) is 0 Å².